The fraction of sp³-hybridized carbons (Fsp3) is 0.417. The van der Waals surface area contributed by atoms with Crippen LogP contribution in [0, 0.1) is 5.41 Å². The highest BCUT2D eigenvalue weighted by Gasteiger charge is 2.50. The highest BCUT2D eigenvalue weighted by atomic mass is 31.2. The van der Waals surface area contributed by atoms with Crippen molar-refractivity contribution in [2.24, 2.45) is 5.41 Å². The van der Waals surface area contributed by atoms with E-state index < -0.39 is 32.0 Å². The van der Waals surface area contributed by atoms with Gasteiger partial charge in [0, 0.05) is 5.82 Å². The molecule has 0 unspecified atom stereocenters. The first-order chi connectivity index (χ1) is 11.3. The zero-order chi connectivity index (χ0) is 17.5. The normalized spacial score (nSPS) is 28.2. The Morgan fingerprint density at radius 2 is 2.25 bits per heavy atom. The van der Waals surface area contributed by atoms with Crippen molar-refractivity contribution in [1.29, 1.82) is 0 Å². The highest BCUT2D eigenvalue weighted by Crippen LogP contribution is 2.45. The molecule has 0 amide bonds. The first kappa shape index (κ1) is 16.9. The Morgan fingerprint density at radius 1 is 1.50 bits per heavy atom. The van der Waals surface area contributed by atoms with Crippen LogP contribution in [0.2, 0.25) is 0 Å². The molecule has 12 heteroatoms. The van der Waals surface area contributed by atoms with Gasteiger partial charge < -0.3 is 25.4 Å². The Morgan fingerprint density at radius 3 is 2.92 bits per heavy atom. The predicted octanol–water partition coefficient (Wildman–Crippen LogP) is -0.0545. The van der Waals surface area contributed by atoms with E-state index in [1.54, 1.807) is 0 Å². The molecular weight excluding hydrogens is 344 g/mol. The molecule has 1 aliphatic rings. The smallest absolute Gasteiger partial charge is 0.348 e. The summed E-state index contributed by atoms with van der Waals surface area (Å²) in [4.78, 5) is 29.7. The first-order valence-electron chi connectivity index (χ1n) is 6.82. The van der Waals surface area contributed by atoms with Crippen LogP contribution in [0.15, 0.2) is 24.5 Å². The number of alkyl halides is 1. The number of aliphatic hydroxyl groups excluding tert-OH is 1. The van der Waals surface area contributed by atoms with Crippen LogP contribution < -0.4 is 5.73 Å². The molecule has 3 rings (SSSR count). The van der Waals surface area contributed by atoms with Crippen molar-refractivity contribution in [2.75, 3.05) is 18.9 Å². The summed E-state index contributed by atoms with van der Waals surface area (Å²) in [6.07, 6.45) is 0.468. The van der Waals surface area contributed by atoms with E-state index in [1.165, 1.54) is 17.2 Å². The largest absolute Gasteiger partial charge is 0.395 e. The fourth-order valence-corrected chi connectivity index (χ4v) is 3.03. The minimum absolute atomic E-state index is 0.127. The molecule has 0 aliphatic carbocycles. The van der Waals surface area contributed by atoms with Gasteiger partial charge in [-0.15, -0.1) is 0 Å². The summed E-state index contributed by atoms with van der Waals surface area (Å²) in [7, 11) is -4.50. The summed E-state index contributed by atoms with van der Waals surface area (Å²) in [6.45, 7) is -0.961. The number of aromatic nitrogens is 4. The number of aliphatic hydroxyl groups is 1. The number of ether oxygens (including phenoxy) is 1. The number of rotatable bonds is 4. The van der Waals surface area contributed by atoms with E-state index in [9.17, 15) is 14.1 Å². The molecule has 2 aromatic heterocycles. The maximum atomic E-state index is 15.0. The van der Waals surface area contributed by atoms with Gasteiger partial charge in [-0.1, -0.05) is 6.08 Å². The second-order valence-electron chi connectivity index (χ2n) is 5.48. The van der Waals surface area contributed by atoms with Crippen molar-refractivity contribution in [1.82, 2.24) is 19.5 Å². The topological polar surface area (TPSA) is 157 Å². The minimum atomic E-state index is -4.50. The molecule has 130 valence electrons. The van der Waals surface area contributed by atoms with Gasteiger partial charge in [-0.05, 0) is 0 Å². The predicted molar refractivity (Wildman–Crippen MR) is 80.3 cm³/mol. The maximum absolute atomic E-state index is 15.0. The van der Waals surface area contributed by atoms with E-state index in [0.29, 0.717) is 5.82 Å². The van der Waals surface area contributed by atoms with Crippen LogP contribution in [0.1, 0.15) is 6.23 Å². The third-order valence-corrected chi connectivity index (χ3v) is 4.42. The molecule has 10 nitrogen and oxygen atoms in total. The van der Waals surface area contributed by atoms with Crippen molar-refractivity contribution in [3.63, 3.8) is 0 Å². The molecule has 1 saturated heterocycles. The molecule has 1 fully saturated rings. The van der Waals surface area contributed by atoms with Gasteiger partial charge in [0.25, 0.3) is 0 Å². The molecule has 0 bridgehead atoms. The quantitative estimate of drug-likeness (QED) is 0.549. The van der Waals surface area contributed by atoms with Gasteiger partial charge in [-0.2, -0.15) is 0 Å². The van der Waals surface area contributed by atoms with Crippen molar-refractivity contribution >= 4 is 24.6 Å². The molecule has 0 aromatic carbocycles. The number of imidazole rings is 1. The van der Waals surface area contributed by atoms with Crippen molar-refractivity contribution < 1.29 is 28.6 Å². The molecular formula is C12H15FN5O5P. The average molecular weight is 359 g/mol. The van der Waals surface area contributed by atoms with Gasteiger partial charge in [0.05, 0.1) is 25.0 Å². The second kappa shape index (κ2) is 5.87. The third kappa shape index (κ3) is 2.80. The lowest BCUT2D eigenvalue weighted by molar-refractivity contribution is 0.0236. The maximum Gasteiger partial charge on any atom is 0.348 e. The van der Waals surface area contributed by atoms with Crippen LogP contribution in [0.5, 0.6) is 0 Å². The van der Waals surface area contributed by atoms with E-state index in [0.717, 1.165) is 6.08 Å². The molecule has 1 aliphatic heterocycles. The number of halogens is 1. The van der Waals surface area contributed by atoms with Crippen LogP contribution in [0.4, 0.5) is 10.2 Å². The van der Waals surface area contributed by atoms with E-state index in [-0.39, 0.29) is 23.6 Å². The standard InChI is InChI=1S/C12H15FN5O5P/c13-8-11(18-6-17-7-9(14)15-5-16-10(7)18)23-4-12(8,3-19)1-2-24(20,21)22/h1-2,5-6,8,11,19H,3-4H2,(H2,14,15,16)(H2,20,21,22)/b2-1+/t8-,11-,12-/m1/s1. The number of nitrogens with zero attached hydrogens (tertiary/aromatic N) is 4. The van der Waals surface area contributed by atoms with E-state index in [4.69, 9.17) is 20.3 Å². The van der Waals surface area contributed by atoms with Crippen molar-refractivity contribution in [3.05, 3.63) is 24.5 Å². The zero-order valence-electron chi connectivity index (χ0n) is 12.2. The minimum Gasteiger partial charge on any atom is -0.395 e. The molecule has 3 heterocycles. The van der Waals surface area contributed by atoms with Crippen LogP contribution in [0.25, 0.3) is 11.2 Å². The third-order valence-electron chi connectivity index (χ3n) is 3.88. The monoisotopic (exact) mass is 359 g/mol. The number of nitrogen functional groups attached to an aromatic ring is 1. The number of hydrogen-bond acceptors (Lipinski definition) is 7. The number of anilines is 1. The van der Waals surface area contributed by atoms with Gasteiger partial charge in [-0.25, -0.2) is 19.3 Å². The molecule has 2 aromatic rings. The van der Waals surface area contributed by atoms with E-state index in [2.05, 4.69) is 15.0 Å². The van der Waals surface area contributed by atoms with Gasteiger partial charge in [0.2, 0.25) is 0 Å². The molecule has 0 spiro atoms. The molecule has 5 N–H and O–H groups in total. The van der Waals surface area contributed by atoms with Crippen LogP contribution in [-0.2, 0) is 9.30 Å². The molecule has 3 atom stereocenters. The fourth-order valence-electron chi connectivity index (χ4n) is 2.54. The summed E-state index contributed by atoms with van der Waals surface area (Å²) in [5.41, 5.74) is 4.63. The Bertz CT molecular complexity index is 838. The highest BCUT2D eigenvalue weighted by molar-refractivity contribution is 7.55. The Hall–Kier alpha value is -1.91. The Balaban J connectivity index is 1.98. The first-order valence-corrected chi connectivity index (χ1v) is 8.51. The molecule has 24 heavy (non-hydrogen) atoms. The zero-order valence-corrected chi connectivity index (χ0v) is 13.1. The molecule has 0 radical (unpaired) electrons. The van der Waals surface area contributed by atoms with Crippen molar-refractivity contribution in [2.45, 2.75) is 12.4 Å². The molecule has 0 saturated carbocycles. The lowest BCUT2D eigenvalue weighted by Gasteiger charge is -2.25. The lowest BCUT2D eigenvalue weighted by atomic mass is 9.86. The SMILES string of the molecule is Nc1ncnc2c1ncn2[C@@H]1OC[C@@](/C=C/P(=O)(O)O)(CO)[C@@H]1F. The van der Waals surface area contributed by atoms with E-state index in [1.807, 2.05) is 0 Å². The van der Waals surface area contributed by atoms with Crippen molar-refractivity contribution in [3.8, 4) is 0 Å². The lowest BCUT2D eigenvalue weighted by Crippen LogP contribution is -2.34. The summed E-state index contributed by atoms with van der Waals surface area (Å²) in [5, 5.41) is 9.56. The van der Waals surface area contributed by atoms with E-state index >= 15 is 0 Å². The van der Waals surface area contributed by atoms with Gasteiger partial charge >= 0.3 is 7.60 Å². The summed E-state index contributed by atoms with van der Waals surface area (Å²) in [6, 6.07) is 0. The second-order valence-corrected chi connectivity index (χ2v) is 6.96. The van der Waals surface area contributed by atoms with Gasteiger partial charge in [0.15, 0.2) is 23.9 Å². The average Bonchev–Trinajstić information content (AvgIpc) is 3.08. The number of hydrogen-bond donors (Lipinski definition) is 4. The van der Waals surface area contributed by atoms with Crippen LogP contribution >= 0.6 is 7.60 Å². The van der Waals surface area contributed by atoms with Gasteiger partial charge in [0.1, 0.15) is 11.8 Å². The van der Waals surface area contributed by atoms with Crippen LogP contribution in [0.3, 0.4) is 0 Å². The van der Waals surface area contributed by atoms with Gasteiger partial charge in [-0.3, -0.25) is 9.13 Å². The summed E-state index contributed by atoms with van der Waals surface area (Å²) >= 11 is 0. The Kier molecular flexibility index (Phi) is 4.14. The summed E-state index contributed by atoms with van der Waals surface area (Å²) in [5.74, 6) is 0.690. The number of nitrogens with two attached hydrogens (primary N) is 1. The summed E-state index contributed by atoms with van der Waals surface area (Å²) < 4.78 is 32.7. The number of fused-ring (bicyclic) bond motifs is 1. The Labute approximate surface area is 135 Å². The van der Waals surface area contributed by atoms with Crippen LogP contribution in [-0.4, -0.2) is 53.8 Å².